The zero-order chi connectivity index (χ0) is 13.0. The Bertz CT molecular complexity index is 457. The number of benzene rings is 1. The van der Waals surface area contributed by atoms with E-state index in [9.17, 15) is 9.59 Å². The molecule has 0 saturated carbocycles. The quantitative estimate of drug-likeness (QED) is 0.800. The molecule has 0 aromatic heterocycles. The van der Waals surface area contributed by atoms with Gasteiger partial charge in [-0.3, -0.25) is 9.59 Å². The zero-order valence-electron chi connectivity index (χ0n) is 10.6. The van der Waals surface area contributed by atoms with Gasteiger partial charge in [0.1, 0.15) is 6.54 Å². The van der Waals surface area contributed by atoms with Crippen LogP contribution >= 0.6 is 0 Å². The first kappa shape index (κ1) is 12.6. The fraction of sp³-hybridized carbons (Fsp3) is 0.429. The first-order chi connectivity index (χ1) is 8.72. The molecule has 0 atom stereocenters. The average molecular weight is 246 g/mol. The van der Waals surface area contributed by atoms with Gasteiger partial charge in [0.05, 0.1) is 6.42 Å². The highest BCUT2D eigenvalue weighted by molar-refractivity contribution is 6.04. The van der Waals surface area contributed by atoms with Gasteiger partial charge in [0.2, 0.25) is 11.8 Å². The zero-order valence-corrected chi connectivity index (χ0v) is 10.6. The molecular formula is C14H18N2O2. The van der Waals surface area contributed by atoms with Gasteiger partial charge in [0, 0.05) is 12.2 Å². The SMILES string of the molecule is CCCCNC(=O)CN1C(=O)Cc2ccccc21. The number of nitrogens with one attached hydrogen (secondary N) is 1. The summed E-state index contributed by atoms with van der Waals surface area (Å²) in [6.07, 6.45) is 2.42. The van der Waals surface area contributed by atoms with Crippen molar-refractivity contribution in [2.24, 2.45) is 0 Å². The van der Waals surface area contributed by atoms with E-state index in [0.717, 1.165) is 24.1 Å². The van der Waals surface area contributed by atoms with E-state index >= 15 is 0 Å². The minimum Gasteiger partial charge on any atom is -0.355 e. The van der Waals surface area contributed by atoms with Crippen molar-refractivity contribution in [3.05, 3.63) is 29.8 Å². The molecule has 0 spiro atoms. The molecule has 1 aromatic carbocycles. The van der Waals surface area contributed by atoms with E-state index in [1.54, 1.807) is 4.90 Å². The minimum atomic E-state index is -0.0893. The molecule has 18 heavy (non-hydrogen) atoms. The predicted octanol–water partition coefficient (Wildman–Crippen LogP) is 1.49. The summed E-state index contributed by atoms with van der Waals surface area (Å²) in [5.41, 5.74) is 1.87. The first-order valence-electron chi connectivity index (χ1n) is 6.37. The minimum absolute atomic E-state index is 0.00171. The third-order valence-electron chi connectivity index (χ3n) is 3.08. The lowest BCUT2D eigenvalue weighted by Gasteiger charge is -2.16. The fourth-order valence-electron chi connectivity index (χ4n) is 2.09. The molecule has 2 amide bonds. The predicted molar refractivity (Wildman–Crippen MR) is 70.4 cm³/mol. The molecular weight excluding hydrogens is 228 g/mol. The van der Waals surface area contributed by atoms with Crippen LogP contribution in [-0.4, -0.2) is 24.9 Å². The van der Waals surface area contributed by atoms with Crippen LogP contribution in [0.15, 0.2) is 24.3 Å². The first-order valence-corrected chi connectivity index (χ1v) is 6.37. The van der Waals surface area contributed by atoms with Gasteiger partial charge < -0.3 is 10.2 Å². The Balaban J connectivity index is 1.97. The van der Waals surface area contributed by atoms with Crippen molar-refractivity contribution in [1.82, 2.24) is 5.32 Å². The van der Waals surface area contributed by atoms with Gasteiger partial charge in [-0.15, -0.1) is 0 Å². The summed E-state index contributed by atoms with van der Waals surface area (Å²) in [6.45, 7) is 2.88. The van der Waals surface area contributed by atoms with E-state index in [1.807, 2.05) is 24.3 Å². The highest BCUT2D eigenvalue weighted by atomic mass is 16.2. The number of hydrogen-bond donors (Lipinski definition) is 1. The normalized spacial score (nSPS) is 13.6. The van der Waals surface area contributed by atoms with Gasteiger partial charge >= 0.3 is 0 Å². The molecule has 1 heterocycles. The summed E-state index contributed by atoms with van der Waals surface area (Å²) in [5.74, 6) is -0.0876. The number of para-hydroxylation sites is 1. The lowest BCUT2D eigenvalue weighted by atomic mass is 10.2. The fourth-order valence-corrected chi connectivity index (χ4v) is 2.09. The summed E-state index contributed by atoms with van der Waals surface area (Å²) < 4.78 is 0. The van der Waals surface area contributed by atoms with Gasteiger partial charge in [0.15, 0.2) is 0 Å². The Morgan fingerprint density at radius 3 is 2.94 bits per heavy atom. The maximum Gasteiger partial charge on any atom is 0.240 e. The van der Waals surface area contributed by atoms with E-state index < -0.39 is 0 Å². The maximum atomic E-state index is 11.8. The molecule has 0 bridgehead atoms. The van der Waals surface area contributed by atoms with Crippen molar-refractivity contribution in [2.45, 2.75) is 26.2 Å². The average Bonchev–Trinajstić information content (AvgIpc) is 2.67. The van der Waals surface area contributed by atoms with Crippen molar-refractivity contribution < 1.29 is 9.59 Å². The molecule has 1 aromatic rings. The Morgan fingerprint density at radius 1 is 1.39 bits per heavy atom. The highest BCUT2D eigenvalue weighted by Gasteiger charge is 2.27. The van der Waals surface area contributed by atoms with Gasteiger partial charge in [-0.2, -0.15) is 0 Å². The van der Waals surface area contributed by atoms with Gasteiger partial charge in [0.25, 0.3) is 0 Å². The molecule has 96 valence electrons. The van der Waals surface area contributed by atoms with Crippen molar-refractivity contribution >= 4 is 17.5 Å². The van der Waals surface area contributed by atoms with Gasteiger partial charge in [-0.1, -0.05) is 31.5 Å². The number of carbonyl (C=O) groups is 2. The van der Waals surface area contributed by atoms with Crippen molar-refractivity contribution in [3.63, 3.8) is 0 Å². The van der Waals surface area contributed by atoms with Crippen LogP contribution in [0.25, 0.3) is 0 Å². The van der Waals surface area contributed by atoms with Crippen LogP contribution in [0.5, 0.6) is 0 Å². The van der Waals surface area contributed by atoms with E-state index in [-0.39, 0.29) is 18.4 Å². The Hall–Kier alpha value is -1.84. The van der Waals surface area contributed by atoms with Crippen LogP contribution in [0, 0.1) is 0 Å². The Morgan fingerprint density at radius 2 is 2.17 bits per heavy atom. The monoisotopic (exact) mass is 246 g/mol. The number of nitrogens with zero attached hydrogens (tertiary/aromatic N) is 1. The van der Waals surface area contributed by atoms with Crippen molar-refractivity contribution in [2.75, 3.05) is 18.0 Å². The second-order valence-corrected chi connectivity index (χ2v) is 4.49. The molecule has 0 radical (unpaired) electrons. The molecule has 0 aliphatic carbocycles. The summed E-state index contributed by atoms with van der Waals surface area (Å²) in [4.78, 5) is 25.1. The molecule has 4 nitrogen and oxygen atoms in total. The Labute approximate surface area is 107 Å². The lowest BCUT2D eigenvalue weighted by Crippen LogP contribution is -2.39. The molecule has 1 aliphatic rings. The van der Waals surface area contributed by atoms with Crippen LogP contribution in [0.3, 0.4) is 0 Å². The standard InChI is InChI=1S/C14H18N2O2/c1-2-3-8-15-13(17)10-16-12-7-5-4-6-11(12)9-14(16)18/h4-7H,2-3,8-10H2,1H3,(H,15,17). The largest absolute Gasteiger partial charge is 0.355 e. The second kappa shape index (κ2) is 5.67. The number of fused-ring (bicyclic) bond motifs is 1. The Kier molecular flexibility index (Phi) is 3.97. The molecule has 0 fully saturated rings. The van der Waals surface area contributed by atoms with Gasteiger partial charge in [-0.05, 0) is 18.1 Å². The molecule has 0 unspecified atom stereocenters. The number of amides is 2. The van der Waals surface area contributed by atoms with Crippen LogP contribution < -0.4 is 10.2 Å². The number of carbonyl (C=O) groups excluding carboxylic acids is 2. The van der Waals surface area contributed by atoms with E-state index in [0.29, 0.717) is 13.0 Å². The number of unbranched alkanes of at least 4 members (excludes halogenated alkanes) is 1. The summed E-state index contributed by atoms with van der Waals surface area (Å²) in [7, 11) is 0. The molecule has 2 rings (SSSR count). The number of anilines is 1. The van der Waals surface area contributed by atoms with E-state index in [2.05, 4.69) is 12.2 Å². The number of rotatable bonds is 5. The highest BCUT2D eigenvalue weighted by Crippen LogP contribution is 2.27. The molecule has 0 saturated heterocycles. The van der Waals surface area contributed by atoms with E-state index in [1.165, 1.54) is 0 Å². The smallest absolute Gasteiger partial charge is 0.240 e. The van der Waals surface area contributed by atoms with Gasteiger partial charge in [-0.25, -0.2) is 0 Å². The van der Waals surface area contributed by atoms with E-state index in [4.69, 9.17) is 0 Å². The lowest BCUT2D eigenvalue weighted by molar-refractivity contribution is -0.123. The van der Waals surface area contributed by atoms with Crippen LogP contribution in [-0.2, 0) is 16.0 Å². The maximum absolute atomic E-state index is 11.8. The third kappa shape index (κ3) is 2.70. The molecule has 1 N–H and O–H groups in total. The van der Waals surface area contributed by atoms with Crippen molar-refractivity contribution in [3.8, 4) is 0 Å². The van der Waals surface area contributed by atoms with Crippen LogP contribution in [0.4, 0.5) is 5.69 Å². The summed E-state index contributed by atoms with van der Waals surface area (Å²) in [6, 6.07) is 7.62. The molecule has 4 heteroatoms. The van der Waals surface area contributed by atoms with Crippen molar-refractivity contribution in [1.29, 1.82) is 0 Å². The number of hydrogen-bond acceptors (Lipinski definition) is 2. The topological polar surface area (TPSA) is 49.4 Å². The summed E-state index contributed by atoms with van der Waals surface area (Å²) >= 11 is 0. The molecule has 1 aliphatic heterocycles. The third-order valence-corrected chi connectivity index (χ3v) is 3.08. The second-order valence-electron chi connectivity index (χ2n) is 4.49. The van der Waals surface area contributed by atoms with Crippen LogP contribution in [0.1, 0.15) is 25.3 Å². The summed E-state index contributed by atoms with van der Waals surface area (Å²) in [5, 5.41) is 2.83. The van der Waals surface area contributed by atoms with Crippen LogP contribution in [0.2, 0.25) is 0 Å².